The van der Waals surface area contributed by atoms with Gasteiger partial charge in [-0.25, -0.2) is 15.0 Å². The highest BCUT2D eigenvalue weighted by Crippen LogP contribution is 2.45. The summed E-state index contributed by atoms with van der Waals surface area (Å²) in [7, 11) is 0. The molecule has 14 aromatic rings. The molecule has 14 rings (SSSR count). The lowest BCUT2D eigenvalue weighted by Gasteiger charge is -2.16. The number of para-hydroxylation sites is 1. The highest BCUT2D eigenvalue weighted by atomic mass is 32.1. The van der Waals surface area contributed by atoms with E-state index in [9.17, 15) is 0 Å². The van der Waals surface area contributed by atoms with Gasteiger partial charge in [-0.05, 0) is 87.9 Å². The van der Waals surface area contributed by atoms with Crippen LogP contribution in [-0.4, -0.2) is 19.5 Å². The third kappa shape index (κ3) is 5.54. The molecular weight excluding hydrogens is 813 g/mol. The zero-order chi connectivity index (χ0) is 42.6. The molecule has 0 saturated carbocycles. The van der Waals surface area contributed by atoms with Crippen molar-refractivity contribution >= 4 is 96.8 Å². The SMILES string of the molecule is c1ccc(-c2nc(-c3ccc(-n4c5ccccc5c5cc6ccccc6cc54)cc3-c3cccc4oc5c6ccccc6ccc5c34)nc(-c3cccc4c3sc3ccccc34)n2)cc1. The average Bonchev–Trinajstić information content (AvgIpc) is 4.05. The van der Waals surface area contributed by atoms with Crippen molar-refractivity contribution in [3.63, 3.8) is 0 Å². The smallest absolute Gasteiger partial charge is 0.165 e. The molecule has 0 aliphatic heterocycles. The molecule has 4 aromatic heterocycles. The number of furan rings is 1. The number of benzene rings is 10. The van der Waals surface area contributed by atoms with Crippen molar-refractivity contribution in [3.05, 3.63) is 206 Å². The zero-order valence-corrected chi connectivity index (χ0v) is 35.6. The number of nitrogens with zero attached hydrogens (tertiary/aromatic N) is 4. The molecule has 6 heteroatoms. The van der Waals surface area contributed by atoms with E-state index < -0.39 is 0 Å². The lowest BCUT2D eigenvalue weighted by Crippen LogP contribution is -2.02. The van der Waals surface area contributed by atoms with Gasteiger partial charge in [-0.15, -0.1) is 11.3 Å². The lowest BCUT2D eigenvalue weighted by atomic mass is 9.93. The summed E-state index contributed by atoms with van der Waals surface area (Å²) in [6, 6.07) is 73.3. The van der Waals surface area contributed by atoms with Crippen molar-refractivity contribution in [2.75, 3.05) is 0 Å². The first-order valence-corrected chi connectivity index (χ1v) is 22.7. The molecule has 0 atom stereocenters. The second-order valence-electron chi connectivity index (χ2n) is 16.7. The normalized spacial score (nSPS) is 12.0. The summed E-state index contributed by atoms with van der Waals surface area (Å²) in [4.78, 5) is 16.1. The van der Waals surface area contributed by atoms with E-state index in [1.807, 2.05) is 18.2 Å². The lowest BCUT2D eigenvalue weighted by molar-refractivity contribution is 0.673. The highest BCUT2D eigenvalue weighted by Gasteiger charge is 2.23. The molecule has 0 aliphatic carbocycles. The number of hydrogen-bond donors (Lipinski definition) is 0. The summed E-state index contributed by atoms with van der Waals surface area (Å²) < 4.78 is 11.6. The van der Waals surface area contributed by atoms with Crippen LogP contribution in [0.25, 0.3) is 136 Å². The Labute approximate surface area is 376 Å². The van der Waals surface area contributed by atoms with Gasteiger partial charge in [0.2, 0.25) is 0 Å². The summed E-state index contributed by atoms with van der Waals surface area (Å²) in [6.45, 7) is 0. The van der Waals surface area contributed by atoms with Crippen LogP contribution in [0.15, 0.2) is 211 Å². The molecule has 5 nitrogen and oxygen atoms in total. The van der Waals surface area contributed by atoms with Crippen LogP contribution < -0.4 is 0 Å². The van der Waals surface area contributed by atoms with Crippen LogP contribution in [-0.2, 0) is 0 Å². The molecule has 0 aliphatic rings. The topological polar surface area (TPSA) is 56.7 Å². The van der Waals surface area contributed by atoms with Gasteiger partial charge in [-0.3, -0.25) is 0 Å². The number of rotatable bonds is 5. The molecule has 4 heterocycles. The minimum atomic E-state index is 0.594. The maximum atomic E-state index is 6.81. The van der Waals surface area contributed by atoms with Crippen molar-refractivity contribution in [1.29, 1.82) is 0 Å². The van der Waals surface area contributed by atoms with Gasteiger partial charge in [-0.1, -0.05) is 146 Å². The number of fused-ring (bicyclic) bond motifs is 12. The first-order chi connectivity index (χ1) is 32.2. The molecule has 0 saturated heterocycles. The van der Waals surface area contributed by atoms with E-state index in [0.29, 0.717) is 17.5 Å². The molecule has 0 radical (unpaired) electrons. The third-order valence-electron chi connectivity index (χ3n) is 13.0. The third-order valence-corrected chi connectivity index (χ3v) is 14.3. The molecule has 0 unspecified atom stereocenters. The molecule has 302 valence electrons. The van der Waals surface area contributed by atoms with E-state index in [1.54, 1.807) is 11.3 Å². The molecule has 0 bridgehead atoms. The maximum Gasteiger partial charge on any atom is 0.165 e. The minimum Gasteiger partial charge on any atom is -0.455 e. The Kier molecular flexibility index (Phi) is 7.79. The quantitative estimate of drug-likeness (QED) is 0.173. The van der Waals surface area contributed by atoms with Crippen LogP contribution in [0, 0.1) is 0 Å². The van der Waals surface area contributed by atoms with Crippen LogP contribution in [0.1, 0.15) is 0 Å². The molecule has 0 spiro atoms. The predicted molar refractivity (Wildman–Crippen MR) is 271 cm³/mol. The largest absolute Gasteiger partial charge is 0.455 e. The summed E-state index contributed by atoms with van der Waals surface area (Å²) in [5.74, 6) is 1.84. The van der Waals surface area contributed by atoms with E-state index >= 15 is 0 Å². The molecule has 10 aromatic carbocycles. The second-order valence-corrected chi connectivity index (χ2v) is 17.7. The first kappa shape index (κ1) is 36.1. The van der Waals surface area contributed by atoms with E-state index in [0.717, 1.165) is 81.9 Å². The van der Waals surface area contributed by atoms with Crippen LogP contribution >= 0.6 is 11.3 Å². The monoisotopic (exact) mass is 846 g/mol. The van der Waals surface area contributed by atoms with Crippen molar-refractivity contribution in [1.82, 2.24) is 19.5 Å². The number of aromatic nitrogens is 4. The number of hydrogen-bond acceptors (Lipinski definition) is 5. The van der Waals surface area contributed by atoms with Crippen LogP contribution in [0.3, 0.4) is 0 Å². The molecule has 65 heavy (non-hydrogen) atoms. The van der Waals surface area contributed by atoms with Gasteiger partial charge < -0.3 is 8.98 Å². The maximum absolute atomic E-state index is 6.81. The van der Waals surface area contributed by atoms with E-state index in [-0.39, 0.29) is 0 Å². The minimum absolute atomic E-state index is 0.594. The van der Waals surface area contributed by atoms with Gasteiger partial charge in [0.15, 0.2) is 17.5 Å². The van der Waals surface area contributed by atoms with Crippen molar-refractivity contribution < 1.29 is 4.42 Å². The molecular formula is C59H34N4OS. The Bertz CT molecular complexity index is 4260. The summed E-state index contributed by atoms with van der Waals surface area (Å²) >= 11 is 1.78. The summed E-state index contributed by atoms with van der Waals surface area (Å²) in [5, 5.41) is 11.6. The fourth-order valence-electron chi connectivity index (χ4n) is 10.1. The van der Waals surface area contributed by atoms with E-state index in [1.165, 1.54) is 37.0 Å². The molecule has 0 amide bonds. The second kappa shape index (κ2) is 14.0. The molecule has 0 N–H and O–H groups in total. The Morgan fingerprint density at radius 2 is 1.06 bits per heavy atom. The van der Waals surface area contributed by atoms with Gasteiger partial charge in [0.25, 0.3) is 0 Å². The first-order valence-electron chi connectivity index (χ1n) is 21.8. The zero-order valence-electron chi connectivity index (χ0n) is 34.7. The summed E-state index contributed by atoms with van der Waals surface area (Å²) in [5.41, 5.74) is 9.85. The molecule has 0 fully saturated rings. The van der Waals surface area contributed by atoms with E-state index in [2.05, 4.69) is 193 Å². The van der Waals surface area contributed by atoms with Crippen molar-refractivity contribution in [3.8, 4) is 51.0 Å². The van der Waals surface area contributed by atoms with Gasteiger partial charge in [-0.2, -0.15) is 0 Å². The Morgan fingerprint density at radius 1 is 0.385 bits per heavy atom. The van der Waals surface area contributed by atoms with Gasteiger partial charge in [0.05, 0.1) is 11.0 Å². The Morgan fingerprint density at radius 3 is 1.94 bits per heavy atom. The Hall–Kier alpha value is -8.45. The predicted octanol–water partition coefficient (Wildman–Crippen LogP) is 16.2. The van der Waals surface area contributed by atoms with Gasteiger partial charge >= 0.3 is 0 Å². The summed E-state index contributed by atoms with van der Waals surface area (Å²) in [6.07, 6.45) is 0. The Balaban J connectivity index is 1.08. The highest BCUT2D eigenvalue weighted by molar-refractivity contribution is 7.26. The van der Waals surface area contributed by atoms with E-state index in [4.69, 9.17) is 19.4 Å². The standard InChI is InChI=1S/C59H34N4OS/c1-2-15-36(16-3-1)57-60-58(62-59(61-57)47-24-12-23-44-42-21-9-11-27-53(42)65-56(44)47)45-31-29-39(63-50-25-10-8-20-41(50)49-32-37-17-4-5-18-38(37)33-51(49)63)34-48(45)43-22-13-26-52-54(43)46-30-28-35-14-6-7-19-40(35)55(46)64-52/h1-34H. The number of thiophene rings is 1. The van der Waals surface area contributed by atoms with Crippen LogP contribution in [0.2, 0.25) is 0 Å². The van der Waals surface area contributed by atoms with Gasteiger partial charge in [0, 0.05) is 69.5 Å². The van der Waals surface area contributed by atoms with Crippen LogP contribution in [0.5, 0.6) is 0 Å². The average molecular weight is 847 g/mol. The van der Waals surface area contributed by atoms with Crippen molar-refractivity contribution in [2.45, 2.75) is 0 Å². The van der Waals surface area contributed by atoms with Crippen molar-refractivity contribution in [2.24, 2.45) is 0 Å². The fourth-order valence-corrected chi connectivity index (χ4v) is 11.3. The fraction of sp³-hybridized carbons (Fsp3) is 0. The van der Waals surface area contributed by atoms with Gasteiger partial charge in [0.1, 0.15) is 11.2 Å². The van der Waals surface area contributed by atoms with Crippen LogP contribution in [0.4, 0.5) is 0 Å².